The Morgan fingerprint density at radius 1 is 0.714 bits per heavy atom. The van der Waals surface area contributed by atoms with Gasteiger partial charge in [-0.05, 0) is 19.8 Å². The van der Waals surface area contributed by atoms with Crippen molar-refractivity contribution in [3.8, 4) is 0 Å². The zero-order valence-electron chi connectivity index (χ0n) is 14.5. The van der Waals surface area contributed by atoms with Gasteiger partial charge in [0.1, 0.15) is 0 Å². The molecule has 1 atom stereocenters. The first kappa shape index (κ1) is 20.5. The van der Waals surface area contributed by atoms with Crippen LogP contribution < -0.4 is 0 Å². The minimum Gasteiger partial charge on any atom is -0.454 e. The highest BCUT2D eigenvalue weighted by atomic mass is 16.5. The lowest BCUT2D eigenvalue weighted by Gasteiger charge is -2.07. The van der Waals surface area contributed by atoms with Gasteiger partial charge >= 0.3 is 6.47 Å². The Labute approximate surface area is 133 Å². The average molecular weight is 298 g/mol. The first-order valence-corrected chi connectivity index (χ1v) is 9.34. The van der Waals surface area contributed by atoms with Crippen molar-refractivity contribution in [2.45, 2.75) is 116 Å². The lowest BCUT2D eigenvalue weighted by atomic mass is 10.0. The van der Waals surface area contributed by atoms with Crippen LogP contribution in [0.4, 0.5) is 0 Å². The summed E-state index contributed by atoms with van der Waals surface area (Å²) in [6.07, 6.45) is 20.3. The van der Waals surface area contributed by atoms with Gasteiger partial charge in [-0.15, -0.1) is 0 Å². The Morgan fingerprint density at radius 2 is 1.10 bits per heavy atom. The van der Waals surface area contributed by atoms with Crippen LogP contribution in [0.15, 0.2) is 0 Å². The van der Waals surface area contributed by atoms with Crippen LogP contribution >= 0.6 is 0 Å². The fourth-order valence-electron chi connectivity index (χ4n) is 2.77. The molecule has 0 aliphatic carbocycles. The highest BCUT2D eigenvalue weighted by Crippen LogP contribution is 2.13. The minimum absolute atomic E-state index is 0.0415. The molecule has 0 N–H and O–H groups in total. The minimum atomic E-state index is 0.0415. The summed E-state index contributed by atoms with van der Waals surface area (Å²) >= 11 is 0. The topological polar surface area (TPSA) is 26.3 Å². The second-order valence-electron chi connectivity index (χ2n) is 6.40. The molecule has 0 aromatic rings. The molecule has 0 aromatic heterocycles. The van der Waals surface area contributed by atoms with Gasteiger partial charge in [0.2, 0.25) is 0 Å². The number of carbonyl (C=O) groups excluding carboxylic acids is 1. The van der Waals surface area contributed by atoms with Gasteiger partial charge in [-0.25, -0.2) is 4.79 Å². The maximum absolute atomic E-state index is 10.0. The predicted molar refractivity (Wildman–Crippen MR) is 91.2 cm³/mol. The Balaban J connectivity index is 3.01. The van der Waals surface area contributed by atoms with Crippen molar-refractivity contribution in [2.24, 2.45) is 0 Å². The summed E-state index contributed by atoms with van der Waals surface area (Å²) in [4.78, 5) is 10.0. The second kappa shape index (κ2) is 17.5. The molecule has 1 unspecified atom stereocenters. The van der Waals surface area contributed by atoms with Crippen molar-refractivity contribution in [1.82, 2.24) is 0 Å². The summed E-state index contributed by atoms with van der Waals surface area (Å²) < 4.78 is 4.75. The zero-order chi connectivity index (χ0) is 15.6. The number of ether oxygens (including phenoxy) is 1. The molecule has 21 heavy (non-hydrogen) atoms. The first-order chi connectivity index (χ1) is 10.3. The third kappa shape index (κ3) is 17.4. The van der Waals surface area contributed by atoms with Crippen LogP contribution in [0.3, 0.4) is 0 Å². The lowest BCUT2D eigenvalue weighted by molar-refractivity contribution is 0.181. The van der Waals surface area contributed by atoms with E-state index in [2.05, 4.69) is 6.92 Å². The van der Waals surface area contributed by atoms with Crippen molar-refractivity contribution < 1.29 is 9.53 Å². The van der Waals surface area contributed by atoms with E-state index >= 15 is 0 Å². The van der Waals surface area contributed by atoms with Crippen LogP contribution in [0.1, 0.15) is 110 Å². The maximum Gasteiger partial charge on any atom is 0.417 e. The largest absolute Gasteiger partial charge is 0.454 e. The maximum atomic E-state index is 10.0. The quantitative estimate of drug-likeness (QED) is 0.293. The first-order valence-electron chi connectivity index (χ1n) is 9.34. The Morgan fingerprint density at radius 3 is 1.48 bits per heavy atom. The van der Waals surface area contributed by atoms with Crippen LogP contribution in [0.5, 0.6) is 0 Å². The van der Waals surface area contributed by atoms with Crippen molar-refractivity contribution >= 4 is 6.47 Å². The van der Waals surface area contributed by atoms with Gasteiger partial charge in [0.25, 0.3) is 0 Å². The van der Waals surface area contributed by atoms with Crippen LogP contribution in [-0.4, -0.2) is 12.6 Å². The van der Waals surface area contributed by atoms with E-state index in [1.54, 1.807) is 0 Å². The summed E-state index contributed by atoms with van der Waals surface area (Å²) in [5.41, 5.74) is 0. The third-order valence-corrected chi connectivity index (χ3v) is 4.21. The monoisotopic (exact) mass is 297 g/mol. The molecule has 125 valence electrons. The van der Waals surface area contributed by atoms with E-state index in [0.29, 0.717) is 0 Å². The molecule has 2 heteroatoms. The fourth-order valence-corrected chi connectivity index (χ4v) is 2.77. The number of rotatable bonds is 17. The third-order valence-electron chi connectivity index (χ3n) is 4.21. The van der Waals surface area contributed by atoms with Crippen molar-refractivity contribution in [1.29, 1.82) is 0 Å². The molecule has 2 nitrogen and oxygen atoms in total. The van der Waals surface area contributed by atoms with E-state index < -0.39 is 0 Å². The molecule has 0 aromatic carbocycles. The van der Waals surface area contributed by atoms with Crippen LogP contribution in [0.2, 0.25) is 0 Å². The van der Waals surface area contributed by atoms with Gasteiger partial charge in [-0.1, -0.05) is 90.4 Å². The molecule has 0 rings (SSSR count). The van der Waals surface area contributed by atoms with Gasteiger partial charge in [0.05, 0.1) is 6.10 Å². The van der Waals surface area contributed by atoms with Gasteiger partial charge < -0.3 is 4.74 Å². The van der Waals surface area contributed by atoms with Gasteiger partial charge in [0.15, 0.2) is 0 Å². The molecule has 0 aliphatic rings. The zero-order valence-corrected chi connectivity index (χ0v) is 14.5. The SMILES string of the molecule is CCCCCCCCCCCCCCCCC(C)O[C]=O. The number of hydrogen-bond acceptors (Lipinski definition) is 2. The molecule has 0 amide bonds. The smallest absolute Gasteiger partial charge is 0.417 e. The molecule has 1 radical (unpaired) electrons. The standard InChI is InChI=1S/C19H37O2/c1-3-4-5-6-7-8-9-10-11-12-13-14-15-16-17-19(2)21-18-20/h19H,3-17H2,1-2H3. The van der Waals surface area contributed by atoms with Crippen molar-refractivity contribution in [3.63, 3.8) is 0 Å². The van der Waals surface area contributed by atoms with E-state index in [1.807, 2.05) is 6.92 Å². The van der Waals surface area contributed by atoms with E-state index in [4.69, 9.17) is 4.74 Å². The number of unbranched alkanes of at least 4 members (excludes halogenated alkanes) is 13. The molecular formula is C19H37O2. The van der Waals surface area contributed by atoms with Crippen LogP contribution in [0, 0.1) is 0 Å². The van der Waals surface area contributed by atoms with Gasteiger partial charge in [0, 0.05) is 0 Å². The lowest BCUT2D eigenvalue weighted by Crippen LogP contribution is -2.05. The molecule has 0 saturated heterocycles. The summed E-state index contributed by atoms with van der Waals surface area (Å²) in [5.74, 6) is 0. The fraction of sp³-hybridized carbons (Fsp3) is 0.947. The molecular weight excluding hydrogens is 260 g/mol. The molecule has 0 bridgehead atoms. The average Bonchev–Trinajstić information content (AvgIpc) is 2.48. The van der Waals surface area contributed by atoms with Gasteiger partial charge in [-0.2, -0.15) is 0 Å². The van der Waals surface area contributed by atoms with Crippen LogP contribution in [-0.2, 0) is 9.53 Å². The Kier molecular flexibility index (Phi) is 17.1. The summed E-state index contributed by atoms with van der Waals surface area (Å²) in [6, 6.07) is 0. The van der Waals surface area contributed by atoms with Crippen molar-refractivity contribution in [2.75, 3.05) is 0 Å². The highest BCUT2D eigenvalue weighted by Gasteiger charge is 2.01. The van der Waals surface area contributed by atoms with E-state index in [9.17, 15) is 4.79 Å². The predicted octanol–water partition coefficient (Wildman–Crippen LogP) is 6.33. The van der Waals surface area contributed by atoms with E-state index in [1.165, 1.54) is 96.4 Å². The van der Waals surface area contributed by atoms with E-state index in [0.717, 1.165) is 6.42 Å². The summed E-state index contributed by atoms with van der Waals surface area (Å²) in [6.45, 7) is 5.73. The number of hydrogen-bond donors (Lipinski definition) is 0. The summed E-state index contributed by atoms with van der Waals surface area (Å²) in [7, 11) is 0. The van der Waals surface area contributed by atoms with Crippen molar-refractivity contribution in [3.05, 3.63) is 0 Å². The Hall–Kier alpha value is -0.530. The normalized spacial score (nSPS) is 12.3. The van der Waals surface area contributed by atoms with Gasteiger partial charge in [-0.3, -0.25) is 0 Å². The molecule has 0 saturated carbocycles. The summed E-state index contributed by atoms with van der Waals surface area (Å²) in [5, 5.41) is 0. The molecule has 0 spiro atoms. The molecule has 0 aliphatic heterocycles. The van der Waals surface area contributed by atoms with E-state index in [-0.39, 0.29) is 6.10 Å². The van der Waals surface area contributed by atoms with Crippen LogP contribution in [0.25, 0.3) is 0 Å². The Bertz CT molecular complexity index is 204. The molecule has 0 fully saturated rings. The highest BCUT2D eigenvalue weighted by molar-refractivity contribution is 5.38. The second-order valence-corrected chi connectivity index (χ2v) is 6.40. The molecule has 0 heterocycles.